The van der Waals surface area contributed by atoms with E-state index >= 15 is 0 Å². The van der Waals surface area contributed by atoms with Gasteiger partial charge in [-0.2, -0.15) is 5.10 Å². The van der Waals surface area contributed by atoms with Crippen LogP contribution in [-0.2, 0) is 0 Å². The summed E-state index contributed by atoms with van der Waals surface area (Å²) in [5.74, 6) is 1.20. The van der Waals surface area contributed by atoms with Crippen LogP contribution < -0.4 is 9.47 Å². The molecule has 1 unspecified atom stereocenters. The molecule has 33 heavy (non-hydrogen) atoms. The van der Waals surface area contributed by atoms with Gasteiger partial charge in [0.15, 0.2) is 11.5 Å². The van der Waals surface area contributed by atoms with Gasteiger partial charge in [0, 0.05) is 22.7 Å². The number of nitrogens with one attached hydrogen (secondary N) is 1. The number of carbonyl (C=O) groups excluding carboxylic acids is 1. The van der Waals surface area contributed by atoms with Crippen LogP contribution in [0.3, 0.4) is 0 Å². The molecule has 7 nitrogen and oxygen atoms in total. The molecule has 1 aliphatic rings. The third kappa shape index (κ3) is 4.25. The molecule has 0 saturated heterocycles. The van der Waals surface area contributed by atoms with Crippen molar-refractivity contribution in [1.82, 2.24) is 15.1 Å². The van der Waals surface area contributed by atoms with Gasteiger partial charge in [0.1, 0.15) is 17.1 Å². The first-order valence-corrected chi connectivity index (χ1v) is 11.6. The Morgan fingerprint density at radius 1 is 1.15 bits per heavy atom. The third-order valence-corrected chi connectivity index (χ3v) is 6.04. The highest BCUT2D eigenvalue weighted by Crippen LogP contribution is 2.46. The monoisotopic (exact) mass is 469 g/mol. The van der Waals surface area contributed by atoms with E-state index in [2.05, 4.69) is 17.1 Å². The number of unbranched alkanes of at least 4 members (excludes halogenated alkanes) is 1. The fraction of sp³-hybridized carbons (Fsp3) is 0.360. The molecule has 3 aromatic rings. The molecule has 174 valence electrons. The summed E-state index contributed by atoms with van der Waals surface area (Å²) in [6.45, 7) is 5.33. The molecule has 2 heterocycles. The SMILES string of the molecule is CCCCOc1ccc(C2c3c(-c4cc(Cl)ccc4O)n[nH]c3C(=O)N2CCC)cc1OC. The van der Waals surface area contributed by atoms with Gasteiger partial charge in [-0.1, -0.05) is 37.9 Å². The zero-order valence-corrected chi connectivity index (χ0v) is 19.8. The van der Waals surface area contributed by atoms with E-state index in [1.54, 1.807) is 19.2 Å². The molecule has 1 aromatic heterocycles. The smallest absolute Gasteiger partial charge is 0.273 e. The summed E-state index contributed by atoms with van der Waals surface area (Å²) >= 11 is 6.20. The van der Waals surface area contributed by atoms with Crippen molar-refractivity contribution in [2.45, 2.75) is 39.2 Å². The van der Waals surface area contributed by atoms with Crippen molar-refractivity contribution in [3.8, 4) is 28.5 Å². The summed E-state index contributed by atoms with van der Waals surface area (Å²) in [5.41, 5.74) is 2.99. The highest BCUT2D eigenvalue weighted by molar-refractivity contribution is 6.31. The number of fused-ring (bicyclic) bond motifs is 1. The van der Waals surface area contributed by atoms with Crippen molar-refractivity contribution in [3.05, 3.63) is 58.2 Å². The normalized spacial score (nSPS) is 15.1. The van der Waals surface area contributed by atoms with E-state index in [4.69, 9.17) is 21.1 Å². The molecular formula is C25H28ClN3O4. The van der Waals surface area contributed by atoms with Gasteiger partial charge in [-0.05, 0) is 48.7 Å². The van der Waals surface area contributed by atoms with Crippen LogP contribution in [0, 0.1) is 0 Å². The van der Waals surface area contributed by atoms with Crippen LogP contribution in [-0.4, -0.2) is 46.4 Å². The van der Waals surface area contributed by atoms with Gasteiger partial charge in [0.2, 0.25) is 0 Å². The van der Waals surface area contributed by atoms with E-state index in [9.17, 15) is 9.90 Å². The minimum atomic E-state index is -0.391. The Morgan fingerprint density at radius 2 is 1.97 bits per heavy atom. The van der Waals surface area contributed by atoms with Crippen molar-refractivity contribution in [2.24, 2.45) is 0 Å². The Hall–Kier alpha value is -3.19. The van der Waals surface area contributed by atoms with Crippen LogP contribution in [0.5, 0.6) is 17.2 Å². The standard InChI is InChI=1S/C25H28ClN3O4/c1-4-6-12-33-19-10-7-15(13-20(19)32-3)24-21-22(17-14-16(26)8-9-18(17)30)27-28-23(21)25(31)29(24)11-5-2/h7-10,13-14,24,30H,4-6,11-12H2,1-3H3,(H,27,28). The van der Waals surface area contributed by atoms with Crippen LogP contribution in [0.25, 0.3) is 11.3 Å². The number of aromatic hydroxyl groups is 1. The Labute approximate surface area is 198 Å². The van der Waals surface area contributed by atoms with Crippen LogP contribution in [0.2, 0.25) is 5.02 Å². The second-order valence-electron chi connectivity index (χ2n) is 8.04. The van der Waals surface area contributed by atoms with E-state index in [-0.39, 0.29) is 11.7 Å². The third-order valence-electron chi connectivity index (χ3n) is 5.80. The first kappa shape index (κ1) is 23.0. The molecule has 2 N–H and O–H groups in total. The molecule has 0 saturated carbocycles. The lowest BCUT2D eigenvalue weighted by molar-refractivity contribution is 0.0743. The number of hydrogen-bond acceptors (Lipinski definition) is 5. The van der Waals surface area contributed by atoms with Gasteiger partial charge >= 0.3 is 0 Å². The number of phenolic OH excluding ortho intramolecular Hbond substituents is 1. The molecule has 2 aromatic carbocycles. The number of phenols is 1. The lowest BCUT2D eigenvalue weighted by Crippen LogP contribution is -2.30. The van der Waals surface area contributed by atoms with Crippen LogP contribution >= 0.6 is 11.6 Å². The minimum Gasteiger partial charge on any atom is -0.507 e. The lowest BCUT2D eigenvalue weighted by atomic mass is 9.95. The predicted octanol–water partition coefficient (Wildman–Crippen LogP) is 5.58. The van der Waals surface area contributed by atoms with Gasteiger partial charge < -0.3 is 19.5 Å². The first-order valence-electron chi connectivity index (χ1n) is 11.2. The van der Waals surface area contributed by atoms with Crippen molar-refractivity contribution in [3.63, 3.8) is 0 Å². The summed E-state index contributed by atoms with van der Waals surface area (Å²) in [7, 11) is 1.61. The second-order valence-corrected chi connectivity index (χ2v) is 8.47. The molecule has 8 heteroatoms. The average molecular weight is 470 g/mol. The van der Waals surface area contributed by atoms with Crippen LogP contribution in [0.1, 0.15) is 60.8 Å². The highest BCUT2D eigenvalue weighted by Gasteiger charge is 2.42. The molecule has 4 rings (SSSR count). The van der Waals surface area contributed by atoms with Crippen molar-refractivity contribution in [1.29, 1.82) is 0 Å². The molecule has 0 bridgehead atoms. The summed E-state index contributed by atoms with van der Waals surface area (Å²) in [5, 5.41) is 18.3. The molecule has 1 aliphatic heterocycles. The topological polar surface area (TPSA) is 87.7 Å². The van der Waals surface area contributed by atoms with Gasteiger partial charge in [-0.25, -0.2) is 0 Å². The highest BCUT2D eigenvalue weighted by atomic mass is 35.5. The van der Waals surface area contributed by atoms with E-state index < -0.39 is 6.04 Å². The molecule has 0 spiro atoms. The van der Waals surface area contributed by atoms with E-state index in [0.717, 1.165) is 24.8 Å². The van der Waals surface area contributed by atoms with Crippen molar-refractivity contribution < 1.29 is 19.4 Å². The Bertz CT molecular complexity index is 1160. The number of ether oxygens (including phenoxy) is 2. The zero-order valence-electron chi connectivity index (χ0n) is 19.0. The molecule has 0 fully saturated rings. The summed E-state index contributed by atoms with van der Waals surface area (Å²) in [6.07, 6.45) is 2.79. The number of aromatic amines is 1. The Kier molecular flexibility index (Phi) is 6.79. The average Bonchev–Trinajstić information content (AvgIpc) is 3.35. The second kappa shape index (κ2) is 9.75. The van der Waals surface area contributed by atoms with Gasteiger partial charge in [0.25, 0.3) is 5.91 Å². The number of carbonyl (C=O) groups is 1. The van der Waals surface area contributed by atoms with Crippen LogP contribution in [0.15, 0.2) is 36.4 Å². The van der Waals surface area contributed by atoms with Gasteiger partial charge in [-0.3, -0.25) is 9.89 Å². The number of aromatic nitrogens is 2. The van der Waals surface area contributed by atoms with Crippen molar-refractivity contribution in [2.75, 3.05) is 20.3 Å². The summed E-state index contributed by atoms with van der Waals surface area (Å²) in [6, 6.07) is 10.1. The molecular weight excluding hydrogens is 442 g/mol. The van der Waals surface area contributed by atoms with Gasteiger partial charge in [0.05, 0.1) is 19.8 Å². The number of nitrogens with zero attached hydrogens (tertiary/aromatic N) is 2. The maximum atomic E-state index is 13.3. The van der Waals surface area contributed by atoms with E-state index in [1.165, 1.54) is 6.07 Å². The van der Waals surface area contributed by atoms with E-state index in [0.29, 0.717) is 52.2 Å². The number of methoxy groups -OCH3 is 1. The number of H-pyrrole nitrogens is 1. The lowest BCUT2D eigenvalue weighted by Gasteiger charge is -2.26. The maximum Gasteiger partial charge on any atom is 0.273 e. The summed E-state index contributed by atoms with van der Waals surface area (Å²) < 4.78 is 11.5. The fourth-order valence-corrected chi connectivity index (χ4v) is 4.39. The Morgan fingerprint density at radius 3 is 2.70 bits per heavy atom. The zero-order chi connectivity index (χ0) is 23.5. The number of rotatable bonds is 9. The number of halogens is 1. The van der Waals surface area contributed by atoms with Gasteiger partial charge in [-0.15, -0.1) is 0 Å². The largest absolute Gasteiger partial charge is 0.507 e. The van der Waals surface area contributed by atoms with Crippen molar-refractivity contribution >= 4 is 17.5 Å². The summed E-state index contributed by atoms with van der Waals surface area (Å²) in [4.78, 5) is 15.1. The number of hydrogen-bond donors (Lipinski definition) is 2. The minimum absolute atomic E-state index is 0.0473. The quantitative estimate of drug-likeness (QED) is 0.399. The molecule has 0 aliphatic carbocycles. The van der Waals surface area contributed by atoms with Crippen LogP contribution in [0.4, 0.5) is 0 Å². The molecule has 1 atom stereocenters. The number of amides is 1. The fourth-order valence-electron chi connectivity index (χ4n) is 4.22. The first-order chi connectivity index (χ1) is 16.0. The number of benzene rings is 2. The molecule has 1 amide bonds. The molecule has 0 radical (unpaired) electrons. The Balaban J connectivity index is 1.82. The predicted molar refractivity (Wildman–Crippen MR) is 127 cm³/mol. The maximum absolute atomic E-state index is 13.3. The van der Waals surface area contributed by atoms with E-state index in [1.807, 2.05) is 30.0 Å².